The Kier molecular flexibility index (Phi) is 17.4. The largest absolute Gasteiger partial charge is 0.265 e. The van der Waals surface area contributed by atoms with E-state index in [1.807, 2.05) is 18.2 Å². The normalized spacial score (nSPS) is 11.1. The molecule has 0 unspecified atom stereocenters. The van der Waals surface area contributed by atoms with Crippen LogP contribution in [0.15, 0.2) is 30.6 Å². The average Bonchev–Trinajstić information content (AvgIpc) is 2.23. The molecule has 1 rings (SSSR count). The fourth-order valence-corrected chi connectivity index (χ4v) is 6.88. The Bertz CT molecular complexity index is 365. The standard InChI is InChI=1S/C5H5N.C5H10.2C4H10O.2ClH.W/c1-2-4-6-5-3-1;1-5(2,3)4;2*1-4(2,3)5;;;/h1-5H;1H,2-4H3;2*5H,1-3H3;2*1H;/q;;;;;;+2/p-2. The minimum Gasteiger partial charge on any atom is -0.265 e. The average molecular weight is 552 g/mol. The zero-order valence-corrected chi connectivity index (χ0v) is 20.9. The molecule has 1 aromatic rings. The molecule has 0 atom stereocenters. The minimum absolute atomic E-state index is 0.220. The molecule has 24 heavy (non-hydrogen) atoms. The molecule has 2 N–H and O–H groups in total. The predicted octanol–water partition coefficient (Wildman–Crippen LogP) is 5.40. The van der Waals surface area contributed by atoms with Crippen molar-refractivity contribution in [3.05, 3.63) is 30.6 Å². The summed E-state index contributed by atoms with van der Waals surface area (Å²) in [4.78, 5) is 3.78. The second-order valence-electron chi connectivity index (χ2n) is 8.09. The molecule has 0 amide bonds. The number of aliphatic hydroxyl groups is 2. The zero-order valence-electron chi connectivity index (χ0n) is 16.5. The maximum atomic E-state index is 8.52. The van der Waals surface area contributed by atoms with Gasteiger partial charge in [0.25, 0.3) is 0 Å². The van der Waals surface area contributed by atoms with Crippen molar-refractivity contribution in [1.29, 1.82) is 0 Å². The van der Waals surface area contributed by atoms with Crippen molar-refractivity contribution in [2.75, 3.05) is 0 Å². The van der Waals surface area contributed by atoms with Gasteiger partial charge in [0.2, 0.25) is 0 Å². The van der Waals surface area contributed by atoms with Gasteiger partial charge in [0.1, 0.15) is 0 Å². The Hall–Kier alpha value is 0.208. The summed E-state index contributed by atoms with van der Waals surface area (Å²) in [6, 6.07) is 5.72. The molecule has 0 spiro atoms. The second-order valence-corrected chi connectivity index (χ2v) is 17.4. The molecule has 0 saturated carbocycles. The molecule has 0 aliphatic rings. The molecule has 1 heterocycles. The molecule has 0 aromatic carbocycles. The first-order chi connectivity index (χ1) is 10.4. The summed E-state index contributed by atoms with van der Waals surface area (Å²) in [7, 11) is 11.3. The summed E-state index contributed by atoms with van der Waals surface area (Å²) in [5, 5.41) is 17.0. The van der Waals surface area contributed by atoms with Crippen LogP contribution >= 0.6 is 18.8 Å². The Labute approximate surface area is 162 Å². The summed E-state index contributed by atoms with van der Waals surface area (Å²) >= 11 is -1.93. The van der Waals surface area contributed by atoms with E-state index in [1.54, 1.807) is 53.9 Å². The van der Waals surface area contributed by atoms with E-state index in [2.05, 4.69) is 30.2 Å². The van der Waals surface area contributed by atoms with Crippen molar-refractivity contribution in [3.8, 4) is 0 Å². The smallest absolute Gasteiger partial charge is 0.0267 e. The molecule has 0 aliphatic heterocycles. The van der Waals surface area contributed by atoms with Crippen LogP contribution in [0.4, 0.5) is 0 Å². The van der Waals surface area contributed by atoms with Crippen molar-refractivity contribution < 1.29 is 25.0 Å². The van der Waals surface area contributed by atoms with Crippen molar-refractivity contribution in [3.63, 3.8) is 0 Å². The van der Waals surface area contributed by atoms with Crippen LogP contribution in [0, 0.1) is 5.41 Å². The third-order valence-corrected chi connectivity index (χ3v) is 5.65. The van der Waals surface area contributed by atoms with Gasteiger partial charge in [-0.1, -0.05) is 6.07 Å². The molecule has 0 radical (unpaired) electrons. The summed E-state index contributed by atoms with van der Waals surface area (Å²) in [5.41, 5.74) is -0.780. The Morgan fingerprint density at radius 1 is 0.750 bits per heavy atom. The van der Waals surface area contributed by atoms with Crippen LogP contribution in [0.5, 0.6) is 0 Å². The van der Waals surface area contributed by atoms with Gasteiger partial charge in [-0.2, -0.15) is 0 Å². The van der Waals surface area contributed by atoms with Gasteiger partial charge in [-0.3, -0.25) is 4.98 Å². The van der Waals surface area contributed by atoms with Gasteiger partial charge < -0.3 is 10.2 Å². The summed E-state index contributed by atoms with van der Waals surface area (Å²) in [5.74, 6) is 0. The van der Waals surface area contributed by atoms with Crippen LogP contribution in [0.25, 0.3) is 0 Å². The first kappa shape index (κ1) is 29.0. The van der Waals surface area contributed by atoms with E-state index >= 15 is 0 Å². The predicted molar refractivity (Wildman–Crippen MR) is 105 cm³/mol. The fraction of sp³-hybridized carbons (Fsp3) is 0.667. The van der Waals surface area contributed by atoms with Gasteiger partial charge in [0.05, 0.1) is 11.2 Å². The first-order valence-corrected chi connectivity index (χ1v) is 16.6. The van der Waals surface area contributed by atoms with E-state index in [1.165, 1.54) is 0 Å². The quantitative estimate of drug-likeness (QED) is 0.454. The van der Waals surface area contributed by atoms with Crippen LogP contribution in [-0.2, 0) is 14.8 Å². The van der Waals surface area contributed by atoms with Crippen LogP contribution in [0.2, 0.25) is 0 Å². The Morgan fingerprint density at radius 3 is 1.08 bits per heavy atom. The molecule has 144 valence electrons. The van der Waals surface area contributed by atoms with Crippen LogP contribution in [0.1, 0.15) is 62.3 Å². The van der Waals surface area contributed by atoms with Crippen LogP contribution in [-0.4, -0.2) is 30.8 Å². The molecular formula is C18H35Cl2NO2W. The van der Waals surface area contributed by atoms with E-state index < -0.39 is 26.0 Å². The molecular weight excluding hydrogens is 517 g/mol. The van der Waals surface area contributed by atoms with E-state index in [0.717, 1.165) is 0 Å². The van der Waals surface area contributed by atoms with Crippen molar-refractivity contribution >= 4 is 23.2 Å². The molecule has 1 aromatic heterocycles. The number of nitrogens with zero attached hydrogens (tertiary/aromatic N) is 1. The van der Waals surface area contributed by atoms with E-state index in [-0.39, 0.29) is 5.41 Å². The third kappa shape index (κ3) is 79.5. The van der Waals surface area contributed by atoms with Gasteiger partial charge in [-0.05, 0) is 53.7 Å². The Morgan fingerprint density at radius 2 is 1.04 bits per heavy atom. The number of rotatable bonds is 0. The summed E-state index contributed by atoms with van der Waals surface area (Å²) in [6.07, 6.45) is 3.50. The van der Waals surface area contributed by atoms with Crippen molar-refractivity contribution in [1.82, 2.24) is 4.98 Å². The Balaban J connectivity index is -0.000000250. The van der Waals surface area contributed by atoms with E-state index in [0.29, 0.717) is 0 Å². The molecule has 6 heteroatoms. The van der Waals surface area contributed by atoms with Gasteiger partial charge in [-0.25, -0.2) is 0 Å². The van der Waals surface area contributed by atoms with Gasteiger partial charge in [0, 0.05) is 12.4 Å². The van der Waals surface area contributed by atoms with Crippen LogP contribution < -0.4 is 0 Å². The summed E-state index contributed by atoms with van der Waals surface area (Å²) in [6.45, 7) is 16.8. The maximum absolute atomic E-state index is 8.52. The minimum atomic E-state index is -1.93. The molecule has 0 aliphatic carbocycles. The maximum Gasteiger partial charge on any atom is 0.0267 e. The molecule has 0 saturated heterocycles. The number of pyridine rings is 1. The van der Waals surface area contributed by atoms with Gasteiger partial charge >= 0.3 is 64.2 Å². The first-order valence-electron chi connectivity index (χ1n) is 7.63. The monoisotopic (exact) mass is 551 g/mol. The molecule has 0 fully saturated rings. The topological polar surface area (TPSA) is 53.4 Å². The number of halogens is 2. The third-order valence-electron chi connectivity index (χ3n) is 1.01. The number of hydrogen-bond donors (Lipinski definition) is 2. The van der Waals surface area contributed by atoms with E-state index in [4.69, 9.17) is 29.0 Å². The van der Waals surface area contributed by atoms with Crippen LogP contribution in [0.3, 0.4) is 0 Å². The second kappa shape index (κ2) is 14.4. The van der Waals surface area contributed by atoms with E-state index in [9.17, 15) is 0 Å². The van der Waals surface area contributed by atoms with Crippen molar-refractivity contribution in [2.45, 2.75) is 73.5 Å². The fourth-order valence-electron chi connectivity index (χ4n) is 0.580. The summed E-state index contributed by atoms with van der Waals surface area (Å²) < 4.78 is 2.08. The SMILES string of the molecule is CC(C)(C)O.CC(C)(C)O.CC(C)(C)[CH]=[W]([Cl])[Cl].c1ccncc1. The van der Waals surface area contributed by atoms with Gasteiger partial charge in [-0.15, -0.1) is 0 Å². The number of aromatic nitrogens is 1. The number of hydrogen-bond acceptors (Lipinski definition) is 3. The molecule has 3 nitrogen and oxygen atoms in total. The van der Waals surface area contributed by atoms with Gasteiger partial charge in [0.15, 0.2) is 0 Å². The zero-order chi connectivity index (χ0) is 20.0. The molecule has 0 bridgehead atoms. The van der Waals surface area contributed by atoms with Crippen molar-refractivity contribution in [2.24, 2.45) is 5.41 Å².